The lowest BCUT2D eigenvalue weighted by atomic mass is 10.0. The third kappa shape index (κ3) is 4.42. The molecule has 0 spiro atoms. The molecule has 0 saturated heterocycles. The molecule has 4 heteroatoms. The van der Waals surface area contributed by atoms with E-state index in [1.165, 1.54) is 12.1 Å². The Morgan fingerprint density at radius 1 is 1.35 bits per heavy atom. The maximum absolute atomic E-state index is 12.9. The Bertz CT molecular complexity index is 344. The van der Waals surface area contributed by atoms with Gasteiger partial charge in [0.05, 0.1) is 12.7 Å². The van der Waals surface area contributed by atoms with E-state index in [1.807, 2.05) is 13.8 Å². The van der Waals surface area contributed by atoms with Crippen molar-refractivity contribution in [2.75, 3.05) is 13.2 Å². The molecule has 0 aliphatic carbocycles. The predicted octanol–water partition coefficient (Wildman–Crippen LogP) is 1.47. The van der Waals surface area contributed by atoms with E-state index < -0.39 is 6.10 Å². The molecule has 0 radical (unpaired) electrons. The van der Waals surface area contributed by atoms with Crippen LogP contribution in [0.3, 0.4) is 0 Å². The Hall–Kier alpha value is -0.970. The normalized spacial score (nSPS) is 14.9. The third-order valence-corrected chi connectivity index (χ3v) is 2.81. The van der Waals surface area contributed by atoms with Gasteiger partial charge in [0, 0.05) is 12.6 Å². The van der Waals surface area contributed by atoms with Gasteiger partial charge in [-0.2, -0.15) is 0 Å². The largest absolute Gasteiger partial charge is 0.395 e. The Morgan fingerprint density at radius 3 is 2.59 bits per heavy atom. The minimum Gasteiger partial charge on any atom is -0.395 e. The van der Waals surface area contributed by atoms with E-state index in [-0.39, 0.29) is 24.4 Å². The van der Waals surface area contributed by atoms with Gasteiger partial charge < -0.3 is 15.5 Å². The maximum Gasteiger partial charge on any atom is 0.123 e. The van der Waals surface area contributed by atoms with Crippen molar-refractivity contribution in [1.82, 2.24) is 5.32 Å². The number of aliphatic hydroxyl groups excluding tert-OH is 2. The van der Waals surface area contributed by atoms with E-state index in [0.29, 0.717) is 12.1 Å². The Labute approximate surface area is 101 Å². The summed E-state index contributed by atoms with van der Waals surface area (Å²) in [6.45, 7) is 4.30. The molecule has 0 fully saturated rings. The highest BCUT2D eigenvalue weighted by Crippen LogP contribution is 2.13. The van der Waals surface area contributed by atoms with Crippen molar-refractivity contribution in [2.45, 2.75) is 26.0 Å². The second-order valence-electron chi connectivity index (χ2n) is 4.51. The van der Waals surface area contributed by atoms with Crippen molar-refractivity contribution in [3.05, 3.63) is 35.6 Å². The minimum absolute atomic E-state index is 0.0214. The fourth-order valence-corrected chi connectivity index (χ4v) is 1.61. The van der Waals surface area contributed by atoms with Crippen LogP contribution in [0, 0.1) is 11.7 Å². The van der Waals surface area contributed by atoms with Gasteiger partial charge in [0.25, 0.3) is 0 Å². The average molecular weight is 241 g/mol. The van der Waals surface area contributed by atoms with Crippen LogP contribution in [-0.4, -0.2) is 29.4 Å². The number of rotatable bonds is 6. The molecule has 0 aliphatic rings. The lowest BCUT2D eigenvalue weighted by molar-refractivity contribution is 0.148. The van der Waals surface area contributed by atoms with Crippen LogP contribution in [0.4, 0.5) is 4.39 Å². The Balaban J connectivity index is 2.52. The van der Waals surface area contributed by atoms with Gasteiger partial charge >= 0.3 is 0 Å². The minimum atomic E-state index is -0.765. The molecule has 0 aromatic heterocycles. The van der Waals surface area contributed by atoms with Gasteiger partial charge in [0.2, 0.25) is 0 Å². The van der Waals surface area contributed by atoms with Crippen LogP contribution in [0.1, 0.15) is 25.5 Å². The number of hydrogen-bond acceptors (Lipinski definition) is 3. The molecule has 2 unspecified atom stereocenters. The molecular formula is C13H20FNO2. The molecule has 0 bridgehead atoms. The monoisotopic (exact) mass is 241 g/mol. The topological polar surface area (TPSA) is 52.5 Å². The summed E-state index contributed by atoms with van der Waals surface area (Å²) < 4.78 is 12.9. The highest BCUT2D eigenvalue weighted by Gasteiger charge is 2.14. The molecule has 3 nitrogen and oxygen atoms in total. The van der Waals surface area contributed by atoms with E-state index in [2.05, 4.69) is 5.32 Å². The first-order valence-corrected chi connectivity index (χ1v) is 5.82. The SMILES string of the molecule is CC(C)C(CO)NCC(O)c1cccc(F)c1. The van der Waals surface area contributed by atoms with Gasteiger partial charge in [-0.1, -0.05) is 26.0 Å². The summed E-state index contributed by atoms with van der Waals surface area (Å²) >= 11 is 0. The quantitative estimate of drug-likeness (QED) is 0.707. The number of aliphatic hydroxyl groups is 2. The highest BCUT2D eigenvalue weighted by atomic mass is 19.1. The third-order valence-electron chi connectivity index (χ3n) is 2.81. The molecule has 96 valence electrons. The molecule has 1 aromatic carbocycles. The van der Waals surface area contributed by atoms with Gasteiger partial charge in [-0.05, 0) is 23.6 Å². The molecule has 0 saturated carbocycles. The van der Waals surface area contributed by atoms with E-state index >= 15 is 0 Å². The molecule has 1 aromatic rings. The summed E-state index contributed by atoms with van der Waals surface area (Å²) in [5, 5.41) is 22.0. The van der Waals surface area contributed by atoms with Crippen LogP contribution in [0.25, 0.3) is 0 Å². The summed E-state index contributed by atoms with van der Waals surface area (Å²) in [7, 11) is 0. The van der Waals surface area contributed by atoms with Crippen LogP contribution in [0.2, 0.25) is 0 Å². The summed E-state index contributed by atoms with van der Waals surface area (Å²) in [6, 6.07) is 5.85. The van der Waals surface area contributed by atoms with E-state index in [1.54, 1.807) is 12.1 Å². The zero-order valence-electron chi connectivity index (χ0n) is 10.2. The molecule has 0 aliphatic heterocycles. The van der Waals surface area contributed by atoms with Gasteiger partial charge in [-0.15, -0.1) is 0 Å². The number of benzene rings is 1. The second-order valence-corrected chi connectivity index (χ2v) is 4.51. The van der Waals surface area contributed by atoms with E-state index in [9.17, 15) is 9.50 Å². The van der Waals surface area contributed by atoms with E-state index in [0.717, 1.165) is 0 Å². The van der Waals surface area contributed by atoms with E-state index in [4.69, 9.17) is 5.11 Å². The summed E-state index contributed by atoms with van der Waals surface area (Å²) in [4.78, 5) is 0. The van der Waals surface area contributed by atoms with Crippen LogP contribution in [-0.2, 0) is 0 Å². The molecule has 17 heavy (non-hydrogen) atoms. The van der Waals surface area contributed by atoms with Crippen molar-refractivity contribution in [3.63, 3.8) is 0 Å². The molecular weight excluding hydrogens is 221 g/mol. The molecule has 1 rings (SSSR count). The fourth-order valence-electron chi connectivity index (χ4n) is 1.61. The second kappa shape index (κ2) is 6.69. The zero-order valence-corrected chi connectivity index (χ0v) is 10.2. The van der Waals surface area contributed by atoms with Crippen LogP contribution in [0.5, 0.6) is 0 Å². The van der Waals surface area contributed by atoms with Crippen molar-refractivity contribution >= 4 is 0 Å². The molecule has 3 N–H and O–H groups in total. The Morgan fingerprint density at radius 2 is 2.06 bits per heavy atom. The van der Waals surface area contributed by atoms with Crippen LogP contribution in [0.15, 0.2) is 24.3 Å². The number of halogens is 1. The summed E-state index contributed by atoms with van der Waals surface area (Å²) in [5.41, 5.74) is 0.540. The lowest BCUT2D eigenvalue weighted by Gasteiger charge is -2.22. The predicted molar refractivity (Wildman–Crippen MR) is 65.1 cm³/mol. The standard InChI is InChI=1S/C13H20FNO2/c1-9(2)12(8-16)15-7-13(17)10-4-3-5-11(14)6-10/h3-6,9,12-13,15-17H,7-8H2,1-2H3. The van der Waals surface area contributed by atoms with Gasteiger partial charge in [0.15, 0.2) is 0 Å². The van der Waals surface area contributed by atoms with Gasteiger partial charge in [-0.3, -0.25) is 0 Å². The van der Waals surface area contributed by atoms with Crippen molar-refractivity contribution in [2.24, 2.45) is 5.92 Å². The van der Waals surface area contributed by atoms with Gasteiger partial charge in [-0.25, -0.2) is 4.39 Å². The summed E-state index contributed by atoms with van der Waals surface area (Å²) in [6.07, 6.45) is -0.765. The maximum atomic E-state index is 12.9. The first-order chi connectivity index (χ1) is 8.04. The Kier molecular flexibility index (Phi) is 5.55. The van der Waals surface area contributed by atoms with Crippen molar-refractivity contribution in [3.8, 4) is 0 Å². The van der Waals surface area contributed by atoms with Crippen LogP contribution < -0.4 is 5.32 Å². The van der Waals surface area contributed by atoms with Gasteiger partial charge in [0.1, 0.15) is 5.82 Å². The smallest absolute Gasteiger partial charge is 0.123 e. The number of hydrogen-bond donors (Lipinski definition) is 3. The molecule has 2 atom stereocenters. The molecule has 0 heterocycles. The first kappa shape index (κ1) is 14.1. The summed E-state index contributed by atoms with van der Waals surface area (Å²) in [5.74, 6) is -0.0798. The average Bonchev–Trinajstić information content (AvgIpc) is 2.29. The highest BCUT2D eigenvalue weighted by molar-refractivity contribution is 5.18. The number of nitrogens with one attached hydrogen (secondary N) is 1. The van der Waals surface area contributed by atoms with Crippen LogP contribution >= 0.6 is 0 Å². The first-order valence-electron chi connectivity index (χ1n) is 5.82. The van der Waals surface area contributed by atoms with Crippen molar-refractivity contribution < 1.29 is 14.6 Å². The molecule has 0 amide bonds. The van der Waals surface area contributed by atoms with Crippen molar-refractivity contribution in [1.29, 1.82) is 0 Å². The lowest BCUT2D eigenvalue weighted by Crippen LogP contribution is -2.39. The zero-order chi connectivity index (χ0) is 12.8. The fraction of sp³-hybridized carbons (Fsp3) is 0.538.